The third-order valence-electron chi connectivity index (χ3n) is 4.10. The van der Waals surface area contributed by atoms with E-state index in [1.807, 2.05) is 61.8 Å². The Balaban J connectivity index is 1.59. The third kappa shape index (κ3) is 5.57. The summed E-state index contributed by atoms with van der Waals surface area (Å²) in [6, 6.07) is 15.7. The summed E-state index contributed by atoms with van der Waals surface area (Å²) in [5.74, 6) is 2.50. The lowest BCUT2D eigenvalue weighted by Gasteiger charge is -2.22. The van der Waals surface area contributed by atoms with E-state index in [0.717, 1.165) is 36.2 Å². The van der Waals surface area contributed by atoms with Crippen molar-refractivity contribution in [3.05, 3.63) is 72.7 Å². The minimum atomic E-state index is 0.559. The molecule has 0 fully saturated rings. The zero-order valence-corrected chi connectivity index (χ0v) is 16.3. The molecule has 2 heterocycles. The Morgan fingerprint density at radius 3 is 2.79 bits per heavy atom. The van der Waals surface area contributed by atoms with Crippen molar-refractivity contribution in [2.24, 2.45) is 4.99 Å². The minimum Gasteiger partial charge on any atom is -0.492 e. The molecule has 0 atom stereocenters. The van der Waals surface area contributed by atoms with E-state index in [2.05, 4.69) is 27.2 Å². The van der Waals surface area contributed by atoms with Crippen molar-refractivity contribution in [1.82, 2.24) is 25.0 Å². The molecule has 0 aliphatic carbocycles. The molecular weight excluding hydrogens is 352 g/mol. The number of ether oxygens (including phenoxy) is 1. The highest BCUT2D eigenvalue weighted by molar-refractivity contribution is 5.79. The lowest BCUT2D eigenvalue weighted by molar-refractivity contribution is 0.281. The van der Waals surface area contributed by atoms with Gasteiger partial charge in [-0.25, -0.2) is 14.7 Å². The highest BCUT2D eigenvalue weighted by atomic mass is 16.5. The van der Waals surface area contributed by atoms with Gasteiger partial charge in [0, 0.05) is 32.2 Å². The molecule has 0 radical (unpaired) electrons. The number of guanidine groups is 1. The van der Waals surface area contributed by atoms with Crippen molar-refractivity contribution in [3.63, 3.8) is 0 Å². The van der Waals surface area contributed by atoms with Gasteiger partial charge in [-0.1, -0.05) is 18.2 Å². The van der Waals surface area contributed by atoms with Crippen molar-refractivity contribution < 1.29 is 4.74 Å². The van der Waals surface area contributed by atoms with Gasteiger partial charge < -0.3 is 15.0 Å². The van der Waals surface area contributed by atoms with Crippen molar-refractivity contribution in [1.29, 1.82) is 0 Å². The average Bonchev–Trinajstić information content (AvgIpc) is 3.27. The smallest absolute Gasteiger partial charge is 0.194 e. The molecule has 0 saturated carbocycles. The van der Waals surface area contributed by atoms with Gasteiger partial charge in [0.05, 0.1) is 13.1 Å². The Bertz CT molecular complexity index is 864. The fraction of sp³-hybridized carbons (Fsp3) is 0.286. The van der Waals surface area contributed by atoms with Gasteiger partial charge in [-0.15, -0.1) is 0 Å². The SMILES string of the molecule is CCNC(=NCc1ccnc(-n2cccn2)c1)N(C)CCOc1ccccc1. The number of hydrogen-bond donors (Lipinski definition) is 1. The number of nitrogens with zero attached hydrogens (tertiary/aromatic N) is 5. The fourth-order valence-corrected chi connectivity index (χ4v) is 2.65. The number of para-hydroxylation sites is 1. The first-order chi connectivity index (χ1) is 13.8. The maximum absolute atomic E-state index is 5.78. The van der Waals surface area contributed by atoms with Crippen LogP contribution in [0.3, 0.4) is 0 Å². The summed E-state index contributed by atoms with van der Waals surface area (Å²) in [6.45, 7) is 4.74. The summed E-state index contributed by atoms with van der Waals surface area (Å²) in [4.78, 5) is 11.2. The van der Waals surface area contributed by atoms with Gasteiger partial charge in [0.25, 0.3) is 0 Å². The zero-order valence-electron chi connectivity index (χ0n) is 16.3. The summed E-state index contributed by atoms with van der Waals surface area (Å²) in [5, 5.41) is 7.55. The number of aliphatic imine (C=N–C) groups is 1. The predicted octanol–water partition coefficient (Wildman–Crippen LogP) is 2.74. The van der Waals surface area contributed by atoms with E-state index < -0.39 is 0 Å². The number of pyridine rings is 1. The largest absolute Gasteiger partial charge is 0.492 e. The molecule has 0 aliphatic heterocycles. The highest BCUT2D eigenvalue weighted by Crippen LogP contribution is 2.09. The lowest BCUT2D eigenvalue weighted by Crippen LogP contribution is -2.40. The van der Waals surface area contributed by atoms with Gasteiger partial charge in [-0.2, -0.15) is 5.10 Å². The van der Waals surface area contributed by atoms with Crippen LogP contribution in [0.15, 0.2) is 72.1 Å². The van der Waals surface area contributed by atoms with Crippen LogP contribution in [-0.4, -0.2) is 52.4 Å². The molecule has 0 bridgehead atoms. The van der Waals surface area contributed by atoms with E-state index in [1.165, 1.54) is 0 Å². The second-order valence-electron chi connectivity index (χ2n) is 6.23. The minimum absolute atomic E-state index is 0.559. The molecular formula is C21H26N6O. The van der Waals surface area contributed by atoms with Crippen LogP contribution in [-0.2, 0) is 6.54 Å². The molecule has 0 aliphatic rings. The van der Waals surface area contributed by atoms with Crippen LogP contribution in [0.4, 0.5) is 0 Å². The van der Waals surface area contributed by atoms with E-state index in [4.69, 9.17) is 9.73 Å². The Morgan fingerprint density at radius 1 is 1.18 bits per heavy atom. The summed E-state index contributed by atoms with van der Waals surface area (Å²) >= 11 is 0. The van der Waals surface area contributed by atoms with Crippen LogP contribution in [0, 0.1) is 0 Å². The highest BCUT2D eigenvalue weighted by Gasteiger charge is 2.06. The maximum atomic E-state index is 5.78. The van der Waals surface area contributed by atoms with Gasteiger partial charge in [-0.3, -0.25) is 0 Å². The number of aromatic nitrogens is 3. The molecule has 0 spiro atoms. The molecule has 0 amide bonds. The molecule has 1 aromatic carbocycles. The molecule has 3 rings (SSSR count). The quantitative estimate of drug-likeness (QED) is 0.482. The molecule has 146 valence electrons. The third-order valence-corrected chi connectivity index (χ3v) is 4.10. The fourth-order valence-electron chi connectivity index (χ4n) is 2.65. The van der Waals surface area contributed by atoms with E-state index in [-0.39, 0.29) is 0 Å². The van der Waals surface area contributed by atoms with Crippen LogP contribution >= 0.6 is 0 Å². The van der Waals surface area contributed by atoms with E-state index in [0.29, 0.717) is 13.2 Å². The average molecular weight is 378 g/mol. The number of likely N-dealkylation sites (N-methyl/N-ethyl adjacent to an activating group) is 1. The molecule has 0 unspecified atom stereocenters. The van der Waals surface area contributed by atoms with Crippen molar-refractivity contribution in [2.75, 3.05) is 26.7 Å². The van der Waals surface area contributed by atoms with Gasteiger partial charge in [-0.05, 0) is 42.8 Å². The number of nitrogens with one attached hydrogen (secondary N) is 1. The normalized spacial score (nSPS) is 11.3. The molecule has 1 N–H and O–H groups in total. The van der Waals surface area contributed by atoms with Crippen molar-refractivity contribution in [3.8, 4) is 11.6 Å². The van der Waals surface area contributed by atoms with Gasteiger partial charge in [0.1, 0.15) is 12.4 Å². The van der Waals surface area contributed by atoms with Gasteiger partial charge in [0.2, 0.25) is 0 Å². The second-order valence-corrected chi connectivity index (χ2v) is 6.23. The van der Waals surface area contributed by atoms with Gasteiger partial charge >= 0.3 is 0 Å². The Hall–Kier alpha value is -3.35. The Morgan fingerprint density at radius 2 is 2.04 bits per heavy atom. The van der Waals surface area contributed by atoms with Crippen LogP contribution < -0.4 is 10.1 Å². The Kier molecular flexibility index (Phi) is 7.01. The van der Waals surface area contributed by atoms with Crippen LogP contribution in [0.25, 0.3) is 5.82 Å². The van der Waals surface area contributed by atoms with Crippen molar-refractivity contribution >= 4 is 5.96 Å². The Labute approximate surface area is 165 Å². The predicted molar refractivity (Wildman–Crippen MR) is 111 cm³/mol. The van der Waals surface area contributed by atoms with Crippen LogP contribution in [0.5, 0.6) is 5.75 Å². The number of hydrogen-bond acceptors (Lipinski definition) is 4. The van der Waals surface area contributed by atoms with Gasteiger partial charge in [0.15, 0.2) is 11.8 Å². The number of rotatable bonds is 8. The van der Waals surface area contributed by atoms with Crippen LogP contribution in [0.1, 0.15) is 12.5 Å². The molecule has 7 heteroatoms. The molecule has 2 aromatic heterocycles. The summed E-state index contributed by atoms with van der Waals surface area (Å²) in [6.07, 6.45) is 5.40. The molecule has 0 saturated heterocycles. The maximum Gasteiger partial charge on any atom is 0.194 e. The lowest BCUT2D eigenvalue weighted by atomic mass is 10.2. The first-order valence-electron chi connectivity index (χ1n) is 9.38. The van der Waals surface area contributed by atoms with E-state index >= 15 is 0 Å². The van der Waals surface area contributed by atoms with E-state index in [1.54, 1.807) is 17.1 Å². The summed E-state index contributed by atoms with van der Waals surface area (Å²) < 4.78 is 7.52. The van der Waals surface area contributed by atoms with Crippen molar-refractivity contribution in [2.45, 2.75) is 13.5 Å². The first-order valence-corrected chi connectivity index (χ1v) is 9.38. The molecule has 3 aromatic rings. The summed E-state index contributed by atoms with van der Waals surface area (Å²) in [5.41, 5.74) is 1.07. The zero-order chi connectivity index (χ0) is 19.6. The topological polar surface area (TPSA) is 67.6 Å². The second kappa shape index (κ2) is 10.1. The monoisotopic (exact) mass is 378 g/mol. The number of benzene rings is 1. The first kappa shape index (κ1) is 19.4. The summed E-state index contributed by atoms with van der Waals surface area (Å²) in [7, 11) is 2.01. The standard InChI is InChI=1S/C21H26N6O/c1-3-22-21(26(2)14-15-28-19-8-5-4-6-9-19)24-17-18-10-12-23-20(16-18)27-13-7-11-25-27/h4-13,16H,3,14-15,17H2,1-2H3,(H,22,24). The van der Waals surface area contributed by atoms with E-state index in [9.17, 15) is 0 Å². The van der Waals surface area contributed by atoms with Crippen LogP contribution in [0.2, 0.25) is 0 Å². The molecule has 7 nitrogen and oxygen atoms in total. The molecule has 28 heavy (non-hydrogen) atoms.